The van der Waals surface area contributed by atoms with Gasteiger partial charge in [-0.3, -0.25) is 9.69 Å². The van der Waals surface area contributed by atoms with Crippen molar-refractivity contribution in [1.29, 1.82) is 0 Å². The minimum atomic E-state index is 0.331. The third-order valence-corrected chi connectivity index (χ3v) is 2.08. The summed E-state index contributed by atoms with van der Waals surface area (Å²) in [6.45, 7) is 11.0. The van der Waals surface area contributed by atoms with E-state index in [1.807, 2.05) is 6.92 Å². The van der Waals surface area contributed by atoms with E-state index >= 15 is 0 Å². The normalized spacial score (nSPS) is 11.7. The highest BCUT2D eigenvalue weighted by atomic mass is 16.1. The van der Waals surface area contributed by atoms with E-state index in [4.69, 9.17) is 0 Å². The molecule has 72 valence electrons. The molecule has 0 N–H and O–H groups in total. The van der Waals surface area contributed by atoms with Gasteiger partial charge in [0, 0.05) is 18.5 Å². The first-order chi connectivity index (χ1) is 5.49. The van der Waals surface area contributed by atoms with Gasteiger partial charge in [0.1, 0.15) is 5.78 Å². The first-order valence-corrected chi connectivity index (χ1v) is 4.76. The first kappa shape index (κ1) is 11.6. The Labute approximate surface area is 75.9 Å². The number of hydrogen-bond acceptors (Lipinski definition) is 2. The van der Waals surface area contributed by atoms with Crippen LogP contribution < -0.4 is 0 Å². The number of Topliss-reactive ketones (excluding diaryl/α,β-unsaturated/α-hetero) is 1. The van der Waals surface area contributed by atoms with E-state index < -0.39 is 0 Å². The summed E-state index contributed by atoms with van der Waals surface area (Å²) in [7, 11) is 0. The largest absolute Gasteiger partial charge is 0.298 e. The fourth-order valence-electron chi connectivity index (χ4n) is 1.28. The maximum absolute atomic E-state index is 11.2. The van der Waals surface area contributed by atoms with Gasteiger partial charge in [0.2, 0.25) is 0 Å². The van der Waals surface area contributed by atoms with Gasteiger partial charge in [-0.15, -0.1) is 0 Å². The quantitative estimate of drug-likeness (QED) is 0.631. The van der Waals surface area contributed by atoms with Gasteiger partial charge in [0.25, 0.3) is 0 Å². The standard InChI is InChI=1S/C10H21NO/c1-6-10(12)7-11(8(2)3)9(4)5/h8-9H,6-7H2,1-5H3. The monoisotopic (exact) mass is 171 g/mol. The second kappa shape index (κ2) is 5.31. The molecule has 0 saturated carbocycles. The fourth-order valence-corrected chi connectivity index (χ4v) is 1.28. The summed E-state index contributed by atoms with van der Waals surface area (Å²) in [6, 6.07) is 0.918. The molecule has 0 bridgehead atoms. The van der Waals surface area contributed by atoms with Crippen LogP contribution in [0.15, 0.2) is 0 Å². The Hall–Kier alpha value is -0.370. The van der Waals surface area contributed by atoms with E-state index in [0.717, 1.165) is 0 Å². The molecular weight excluding hydrogens is 150 g/mol. The number of rotatable bonds is 5. The van der Waals surface area contributed by atoms with Crippen LogP contribution in [0.25, 0.3) is 0 Å². The van der Waals surface area contributed by atoms with E-state index in [1.54, 1.807) is 0 Å². The molecule has 0 amide bonds. The van der Waals surface area contributed by atoms with Gasteiger partial charge >= 0.3 is 0 Å². The number of hydrogen-bond donors (Lipinski definition) is 0. The molecule has 0 atom stereocenters. The van der Waals surface area contributed by atoms with Crippen LogP contribution in [-0.4, -0.2) is 29.3 Å². The SMILES string of the molecule is CCC(=O)CN(C(C)C)C(C)C. The molecule has 0 aromatic carbocycles. The predicted octanol–water partition coefficient (Wildman–Crippen LogP) is 2.08. The summed E-state index contributed by atoms with van der Waals surface area (Å²) in [4.78, 5) is 13.4. The van der Waals surface area contributed by atoms with Crippen LogP contribution in [0.3, 0.4) is 0 Å². The molecule has 0 radical (unpaired) electrons. The van der Waals surface area contributed by atoms with Crippen molar-refractivity contribution in [2.45, 2.75) is 53.1 Å². The molecule has 0 saturated heterocycles. The summed E-state index contributed by atoms with van der Waals surface area (Å²) in [6.07, 6.45) is 0.649. The Morgan fingerprint density at radius 1 is 1.17 bits per heavy atom. The molecule has 0 unspecified atom stereocenters. The Balaban J connectivity index is 4.05. The molecule has 0 rings (SSSR count). The van der Waals surface area contributed by atoms with Crippen molar-refractivity contribution in [2.75, 3.05) is 6.54 Å². The molecule has 0 spiro atoms. The molecule has 0 aliphatic heterocycles. The van der Waals surface area contributed by atoms with E-state index in [0.29, 0.717) is 30.8 Å². The number of carbonyl (C=O) groups is 1. The molecule has 2 heteroatoms. The smallest absolute Gasteiger partial charge is 0.146 e. The van der Waals surface area contributed by atoms with Gasteiger partial charge in [-0.25, -0.2) is 0 Å². The summed E-state index contributed by atoms with van der Waals surface area (Å²) in [5, 5.41) is 0. The minimum absolute atomic E-state index is 0.331. The summed E-state index contributed by atoms with van der Waals surface area (Å²) >= 11 is 0. The summed E-state index contributed by atoms with van der Waals surface area (Å²) in [5.74, 6) is 0.331. The molecule has 0 aromatic rings. The lowest BCUT2D eigenvalue weighted by Gasteiger charge is -2.29. The number of carbonyl (C=O) groups excluding carboxylic acids is 1. The Morgan fingerprint density at radius 3 is 1.83 bits per heavy atom. The lowest BCUT2D eigenvalue weighted by Crippen LogP contribution is -2.40. The molecule has 0 aliphatic rings. The van der Waals surface area contributed by atoms with E-state index in [9.17, 15) is 4.79 Å². The van der Waals surface area contributed by atoms with Gasteiger partial charge in [0.05, 0.1) is 6.54 Å². The van der Waals surface area contributed by atoms with Crippen molar-refractivity contribution in [3.63, 3.8) is 0 Å². The minimum Gasteiger partial charge on any atom is -0.298 e. The lowest BCUT2D eigenvalue weighted by molar-refractivity contribution is -0.120. The topological polar surface area (TPSA) is 20.3 Å². The van der Waals surface area contributed by atoms with Crippen molar-refractivity contribution >= 4 is 5.78 Å². The third kappa shape index (κ3) is 3.86. The first-order valence-electron chi connectivity index (χ1n) is 4.76. The van der Waals surface area contributed by atoms with Gasteiger partial charge in [-0.2, -0.15) is 0 Å². The van der Waals surface area contributed by atoms with Crippen molar-refractivity contribution < 1.29 is 4.79 Å². The highest BCUT2D eigenvalue weighted by molar-refractivity contribution is 5.80. The molecular formula is C10H21NO. The van der Waals surface area contributed by atoms with Gasteiger partial charge in [-0.1, -0.05) is 6.92 Å². The zero-order valence-electron chi connectivity index (χ0n) is 8.92. The number of ketones is 1. The molecule has 2 nitrogen and oxygen atoms in total. The lowest BCUT2D eigenvalue weighted by atomic mass is 10.2. The Bertz CT molecular complexity index is 133. The van der Waals surface area contributed by atoms with Crippen molar-refractivity contribution in [1.82, 2.24) is 4.90 Å². The van der Waals surface area contributed by atoms with Gasteiger partial charge < -0.3 is 0 Å². The van der Waals surface area contributed by atoms with Gasteiger partial charge in [-0.05, 0) is 27.7 Å². The predicted molar refractivity (Wildman–Crippen MR) is 52.3 cm³/mol. The molecule has 0 fully saturated rings. The van der Waals surface area contributed by atoms with E-state index in [1.165, 1.54) is 0 Å². The average Bonchev–Trinajstić information content (AvgIpc) is 1.98. The van der Waals surface area contributed by atoms with Crippen molar-refractivity contribution in [3.8, 4) is 0 Å². The van der Waals surface area contributed by atoms with Crippen molar-refractivity contribution in [3.05, 3.63) is 0 Å². The zero-order chi connectivity index (χ0) is 9.72. The van der Waals surface area contributed by atoms with E-state index in [-0.39, 0.29) is 0 Å². The Morgan fingerprint density at radius 2 is 1.58 bits per heavy atom. The highest BCUT2D eigenvalue weighted by Crippen LogP contribution is 2.04. The summed E-state index contributed by atoms with van der Waals surface area (Å²) in [5.41, 5.74) is 0. The zero-order valence-corrected chi connectivity index (χ0v) is 8.92. The van der Waals surface area contributed by atoms with Crippen LogP contribution in [0.2, 0.25) is 0 Å². The van der Waals surface area contributed by atoms with Crippen LogP contribution in [-0.2, 0) is 4.79 Å². The molecule has 0 heterocycles. The highest BCUT2D eigenvalue weighted by Gasteiger charge is 2.15. The average molecular weight is 171 g/mol. The molecule has 0 aliphatic carbocycles. The van der Waals surface area contributed by atoms with Crippen LogP contribution in [0.1, 0.15) is 41.0 Å². The number of nitrogens with zero attached hydrogens (tertiary/aromatic N) is 1. The maximum Gasteiger partial charge on any atom is 0.146 e. The van der Waals surface area contributed by atoms with Crippen LogP contribution in [0.5, 0.6) is 0 Å². The summed E-state index contributed by atoms with van der Waals surface area (Å²) < 4.78 is 0. The maximum atomic E-state index is 11.2. The molecule has 0 aromatic heterocycles. The van der Waals surface area contributed by atoms with Crippen LogP contribution >= 0.6 is 0 Å². The van der Waals surface area contributed by atoms with Gasteiger partial charge in [0.15, 0.2) is 0 Å². The second-order valence-corrected chi connectivity index (χ2v) is 3.75. The van der Waals surface area contributed by atoms with Crippen molar-refractivity contribution in [2.24, 2.45) is 0 Å². The van der Waals surface area contributed by atoms with Crippen LogP contribution in [0.4, 0.5) is 0 Å². The molecule has 12 heavy (non-hydrogen) atoms. The fraction of sp³-hybridized carbons (Fsp3) is 0.900. The van der Waals surface area contributed by atoms with Crippen LogP contribution in [0, 0.1) is 0 Å². The third-order valence-electron chi connectivity index (χ3n) is 2.08. The van der Waals surface area contributed by atoms with E-state index in [2.05, 4.69) is 32.6 Å². The second-order valence-electron chi connectivity index (χ2n) is 3.75. The Kier molecular flexibility index (Phi) is 5.14.